The summed E-state index contributed by atoms with van der Waals surface area (Å²) in [5.41, 5.74) is 23.0. The minimum absolute atomic E-state index is 0. The number of hydrogen-bond acceptors (Lipinski definition) is 4. The largest absolute Gasteiger partial charge is 0.509 e. The quantitative estimate of drug-likeness (QED) is 0.128. The molecule has 85 heavy (non-hydrogen) atoms. The third kappa shape index (κ3) is 9.44. The second-order valence-corrected chi connectivity index (χ2v) is 23.7. The summed E-state index contributed by atoms with van der Waals surface area (Å²) in [6.07, 6.45) is 1.91. The first-order chi connectivity index (χ1) is 41.0. The second kappa shape index (κ2) is 21.3. The Balaban J connectivity index is 0.00000640. The zero-order chi connectivity index (χ0) is 56.7. The van der Waals surface area contributed by atoms with Crippen LogP contribution in [0, 0.1) is 18.8 Å². The second-order valence-electron chi connectivity index (χ2n) is 23.7. The Morgan fingerprint density at radius 1 is 0.435 bits per heavy atom. The molecule has 0 atom stereocenters. The maximum atomic E-state index is 6.94. The molecule has 11 aromatic carbocycles. The molecule has 2 aliphatic heterocycles. The number of aromatic nitrogens is 2. The van der Waals surface area contributed by atoms with Crippen LogP contribution in [0.25, 0.3) is 94.4 Å². The summed E-state index contributed by atoms with van der Waals surface area (Å²) in [5, 5.41) is 2.22. The Labute approximate surface area is 512 Å². The first-order valence-electron chi connectivity index (χ1n) is 28.9. The molecule has 13 aromatic rings. The monoisotopic (exact) mass is 1270 g/mol. The van der Waals surface area contributed by atoms with Gasteiger partial charge in [-0.3, -0.25) is 0 Å². The standard InChI is InChI=1S/C79H59N4O.Pt/c1-78(2,3)62-40-41-80-75(48-62)83-71-34-19-18-30-67(71)68-38-36-63(49-73(68)83)84-64-37-39-69-74(50-64)82-51-81(72-35-21-33-70(77(72)82)79(69,4)5)76-65(60-44-56(52-22-10-6-11-23-52)42-57(45-60)53-24-12-7-13-25-53)31-20-32-66(76)61-46-58(54-26-14-8-15-27-54)43-59(47-61)55-28-16-9-17-29-55;/h6-48,51H,1-5H3;/q-3;. The van der Waals surface area contributed by atoms with Crippen molar-refractivity contribution in [3.8, 4) is 84.1 Å². The molecule has 2 aliphatic rings. The van der Waals surface area contributed by atoms with Crippen molar-refractivity contribution in [1.29, 1.82) is 0 Å². The van der Waals surface area contributed by atoms with E-state index in [0.717, 1.165) is 123 Å². The van der Waals surface area contributed by atoms with Crippen molar-refractivity contribution in [2.24, 2.45) is 0 Å². The molecule has 15 rings (SSSR count). The summed E-state index contributed by atoms with van der Waals surface area (Å²) in [5.74, 6) is 2.04. The SMILES string of the molecule is CC(C)(C)c1ccnc(-n2c3[c-]c(Oc4[c-]c5c(cc4)C(C)(C)c4cccc6c4N5[CH-]N6c4c(-c5cc(-c6ccccc6)cc(-c6ccccc6)c5)cccc4-c4cc(-c5ccccc5)cc(-c5ccccc5)c4)ccc3c3ccccc32)c1.[Pt]. The van der Waals surface area contributed by atoms with Crippen LogP contribution in [0.15, 0.2) is 261 Å². The van der Waals surface area contributed by atoms with E-state index >= 15 is 0 Å². The molecule has 0 saturated heterocycles. The van der Waals surface area contributed by atoms with E-state index in [9.17, 15) is 0 Å². The fraction of sp³-hybridized carbons (Fsp3) is 0.0886. The number of para-hydroxylation sites is 3. The van der Waals surface area contributed by atoms with E-state index in [4.69, 9.17) is 9.72 Å². The molecule has 0 spiro atoms. The van der Waals surface area contributed by atoms with Gasteiger partial charge in [-0.15, -0.1) is 41.9 Å². The number of ether oxygens (including phenoxy) is 1. The Bertz CT molecular complexity index is 4420. The molecule has 2 aromatic heterocycles. The van der Waals surface area contributed by atoms with Gasteiger partial charge in [0.2, 0.25) is 0 Å². The molecule has 0 aliphatic carbocycles. The Kier molecular flexibility index (Phi) is 13.4. The number of fused-ring (bicyclic) bond motifs is 5. The van der Waals surface area contributed by atoms with Crippen molar-refractivity contribution < 1.29 is 25.8 Å². The molecule has 0 bridgehead atoms. The van der Waals surface area contributed by atoms with Gasteiger partial charge in [-0.25, -0.2) is 4.98 Å². The molecule has 0 N–H and O–H groups in total. The van der Waals surface area contributed by atoms with E-state index in [1.54, 1.807) is 0 Å². The van der Waals surface area contributed by atoms with Crippen molar-refractivity contribution >= 4 is 44.6 Å². The van der Waals surface area contributed by atoms with E-state index in [-0.39, 0.29) is 31.9 Å². The molecular formula is C79H59N4OPt-3. The topological polar surface area (TPSA) is 33.5 Å². The summed E-state index contributed by atoms with van der Waals surface area (Å²) >= 11 is 0. The van der Waals surface area contributed by atoms with E-state index in [1.165, 1.54) is 11.1 Å². The van der Waals surface area contributed by atoms with E-state index in [0.29, 0.717) is 11.5 Å². The minimum atomic E-state index is -0.387. The average Bonchev–Trinajstić information content (AvgIpc) is 1.68. The first-order valence-corrected chi connectivity index (χ1v) is 28.9. The maximum Gasteiger partial charge on any atom is 0.135 e. The predicted molar refractivity (Wildman–Crippen MR) is 348 cm³/mol. The molecular weight excluding hydrogens is 1220 g/mol. The van der Waals surface area contributed by atoms with Gasteiger partial charge in [0.15, 0.2) is 0 Å². The zero-order valence-electron chi connectivity index (χ0n) is 47.9. The Hall–Kier alpha value is -9.54. The molecule has 0 fully saturated rings. The van der Waals surface area contributed by atoms with E-state index < -0.39 is 0 Å². The number of pyridine rings is 1. The maximum absolute atomic E-state index is 6.94. The van der Waals surface area contributed by atoms with Crippen LogP contribution in [0.3, 0.4) is 0 Å². The third-order valence-electron chi connectivity index (χ3n) is 17.0. The van der Waals surface area contributed by atoms with Crippen LogP contribution >= 0.6 is 0 Å². The van der Waals surface area contributed by atoms with Crippen LogP contribution < -0.4 is 14.5 Å². The van der Waals surface area contributed by atoms with Gasteiger partial charge >= 0.3 is 0 Å². The van der Waals surface area contributed by atoms with Crippen LogP contribution in [0.1, 0.15) is 51.3 Å². The Morgan fingerprint density at radius 3 is 1.51 bits per heavy atom. The van der Waals surface area contributed by atoms with Crippen LogP contribution in [-0.4, -0.2) is 9.55 Å². The van der Waals surface area contributed by atoms with Crippen LogP contribution in [0.4, 0.5) is 22.7 Å². The van der Waals surface area contributed by atoms with Gasteiger partial charge in [0, 0.05) is 72.5 Å². The van der Waals surface area contributed by atoms with E-state index in [1.807, 2.05) is 12.3 Å². The van der Waals surface area contributed by atoms with Crippen LogP contribution in [0.2, 0.25) is 0 Å². The number of nitrogens with zero attached hydrogens (tertiary/aromatic N) is 4. The molecule has 414 valence electrons. The summed E-state index contributed by atoms with van der Waals surface area (Å²) in [7, 11) is 0. The first kappa shape index (κ1) is 53.5. The predicted octanol–water partition coefficient (Wildman–Crippen LogP) is 20.9. The summed E-state index contributed by atoms with van der Waals surface area (Å²) in [6.45, 7) is 13.7. The van der Waals surface area contributed by atoms with Gasteiger partial charge in [0.25, 0.3) is 0 Å². The van der Waals surface area contributed by atoms with Gasteiger partial charge in [-0.05, 0) is 144 Å². The summed E-state index contributed by atoms with van der Waals surface area (Å²) in [6, 6.07) is 99.6. The summed E-state index contributed by atoms with van der Waals surface area (Å²) in [4.78, 5) is 9.72. The number of benzene rings is 11. The van der Waals surface area contributed by atoms with Gasteiger partial charge in [-0.1, -0.05) is 216 Å². The molecule has 6 heteroatoms. The van der Waals surface area contributed by atoms with Crippen molar-refractivity contribution in [2.75, 3.05) is 9.80 Å². The van der Waals surface area contributed by atoms with Gasteiger partial charge < -0.3 is 19.1 Å². The molecule has 0 saturated carbocycles. The minimum Gasteiger partial charge on any atom is -0.509 e. The zero-order valence-corrected chi connectivity index (χ0v) is 50.2. The van der Waals surface area contributed by atoms with E-state index in [2.05, 4.69) is 317 Å². The smallest absolute Gasteiger partial charge is 0.135 e. The van der Waals surface area contributed by atoms with Gasteiger partial charge in [0.1, 0.15) is 5.82 Å². The molecule has 5 nitrogen and oxygen atoms in total. The molecule has 4 heterocycles. The van der Waals surface area contributed by atoms with Crippen molar-refractivity contribution in [2.45, 2.75) is 45.4 Å². The molecule has 0 unspecified atom stereocenters. The van der Waals surface area contributed by atoms with Crippen molar-refractivity contribution in [1.82, 2.24) is 9.55 Å². The third-order valence-corrected chi connectivity index (χ3v) is 17.0. The number of anilines is 4. The normalized spacial score (nSPS) is 13.1. The summed E-state index contributed by atoms with van der Waals surface area (Å²) < 4.78 is 9.15. The fourth-order valence-electron chi connectivity index (χ4n) is 12.8. The fourth-order valence-corrected chi connectivity index (χ4v) is 12.8. The average molecular weight is 1280 g/mol. The number of hydrogen-bond donors (Lipinski definition) is 0. The van der Waals surface area contributed by atoms with Crippen LogP contribution in [0.5, 0.6) is 11.5 Å². The van der Waals surface area contributed by atoms with Gasteiger partial charge in [0.05, 0.1) is 0 Å². The Morgan fingerprint density at radius 2 is 0.941 bits per heavy atom. The van der Waals surface area contributed by atoms with Gasteiger partial charge in [-0.2, -0.15) is 12.1 Å². The van der Waals surface area contributed by atoms with Crippen molar-refractivity contribution in [3.05, 3.63) is 296 Å². The van der Waals surface area contributed by atoms with Crippen LogP contribution in [-0.2, 0) is 31.9 Å². The molecule has 0 radical (unpaired) electrons. The molecule has 0 amide bonds. The van der Waals surface area contributed by atoms with Crippen molar-refractivity contribution in [3.63, 3.8) is 0 Å². The number of rotatable bonds is 10.